The Morgan fingerprint density at radius 1 is 0.406 bits per heavy atom. The highest BCUT2D eigenvalue weighted by Gasteiger charge is 2.47. The van der Waals surface area contributed by atoms with Crippen LogP contribution in [0.15, 0.2) is 97.1 Å². The van der Waals surface area contributed by atoms with Crippen molar-refractivity contribution in [2.75, 3.05) is 13.2 Å². The molecule has 0 unspecified atom stereocenters. The highest BCUT2D eigenvalue weighted by atomic mass is 16.3. The molecule has 158 valence electrons. The predicted octanol–water partition coefficient (Wildman–Crippen LogP) is 5.68. The van der Waals surface area contributed by atoms with Gasteiger partial charge in [-0.1, -0.05) is 97.1 Å². The molecule has 0 bridgehead atoms. The molecule has 0 atom stereocenters. The van der Waals surface area contributed by atoms with Gasteiger partial charge in [0.2, 0.25) is 0 Å². The molecule has 2 aliphatic carbocycles. The van der Waals surface area contributed by atoms with E-state index in [0.717, 1.165) is 12.8 Å². The molecule has 2 heteroatoms. The highest BCUT2D eigenvalue weighted by Crippen LogP contribution is 2.56. The zero-order valence-corrected chi connectivity index (χ0v) is 18.0. The molecule has 0 saturated heterocycles. The van der Waals surface area contributed by atoms with Crippen LogP contribution in [0.4, 0.5) is 0 Å². The first-order chi connectivity index (χ1) is 15.7. The monoisotopic (exact) mass is 418 g/mol. The number of benzene rings is 4. The van der Waals surface area contributed by atoms with Crippen molar-refractivity contribution in [1.82, 2.24) is 0 Å². The molecule has 2 aliphatic rings. The van der Waals surface area contributed by atoms with E-state index in [1.165, 1.54) is 44.5 Å². The van der Waals surface area contributed by atoms with Gasteiger partial charge in [-0.3, -0.25) is 0 Å². The molecular weight excluding hydrogens is 392 g/mol. The van der Waals surface area contributed by atoms with Crippen molar-refractivity contribution in [3.63, 3.8) is 0 Å². The van der Waals surface area contributed by atoms with Crippen LogP contribution in [0.2, 0.25) is 0 Å². The van der Waals surface area contributed by atoms with Gasteiger partial charge in [0.1, 0.15) is 0 Å². The number of aliphatic hydroxyl groups excluding tert-OH is 2. The molecule has 0 heterocycles. The predicted molar refractivity (Wildman–Crippen MR) is 129 cm³/mol. The standard InChI is InChI=1S/C30H26O2/c31-19-29(25-13-5-1-9-21(25)22-10-2-6-14-26(22)29)17-18-30(20-32)27-15-7-3-11-23(27)24-12-4-8-16-28(24)30/h1-16,31-32H,17-20H2. The minimum Gasteiger partial charge on any atom is -0.395 e. The van der Waals surface area contributed by atoms with Gasteiger partial charge in [-0.15, -0.1) is 0 Å². The summed E-state index contributed by atoms with van der Waals surface area (Å²) < 4.78 is 0. The summed E-state index contributed by atoms with van der Waals surface area (Å²) in [5.41, 5.74) is 8.67. The first-order valence-electron chi connectivity index (χ1n) is 11.4. The van der Waals surface area contributed by atoms with Crippen LogP contribution in [0.3, 0.4) is 0 Å². The number of aliphatic hydroxyl groups is 2. The summed E-state index contributed by atoms with van der Waals surface area (Å²) in [4.78, 5) is 0. The Labute approximate surface area is 188 Å². The van der Waals surface area contributed by atoms with E-state index >= 15 is 0 Å². The third-order valence-corrected chi connectivity index (χ3v) is 7.87. The van der Waals surface area contributed by atoms with Gasteiger partial charge in [-0.05, 0) is 57.3 Å². The Bertz CT molecular complexity index is 1130. The number of hydrogen-bond donors (Lipinski definition) is 2. The molecule has 2 nitrogen and oxygen atoms in total. The number of fused-ring (bicyclic) bond motifs is 6. The first kappa shape index (κ1) is 19.5. The van der Waals surface area contributed by atoms with E-state index in [0.29, 0.717) is 0 Å². The van der Waals surface area contributed by atoms with Crippen LogP contribution in [0.1, 0.15) is 35.1 Å². The molecule has 6 rings (SSSR count). The van der Waals surface area contributed by atoms with Crippen LogP contribution in [-0.2, 0) is 10.8 Å². The van der Waals surface area contributed by atoms with E-state index in [4.69, 9.17) is 0 Å². The fourth-order valence-electron chi connectivity index (χ4n) is 6.30. The van der Waals surface area contributed by atoms with E-state index in [1.54, 1.807) is 0 Å². The van der Waals surface area contributed by atoms with Gasteiger partial charge in [0, 0.05) is 10.8 Å². The fourth-order valence-corrected chi connectivity index (χ4v) is 6.30. The van der Waals surface area contributed by atoms with Gasteiger partial charge in [-0.25, -0.2) is 0 Å². The minimum atomic E-state index is -0.470. The summed E-state index contributed by atoms with van der Waals surface area (Å²) >= 11 is 0. The van der Waals surface area contributed by atoms with E-state index < -0.39 is 10.8 Å². The number of rotatable bonds is 5. The molecule has 0 saturated carbocycles. The second-order valence-corrected chi connectivity index (χ2v) is 9.16. The van der Waals surface area contributed by atoms with Crippen LogP contribution in [-0.4, -0.2) is 23.4 Å². The van der Waals surface area contributed by atoms with Gasteiger partial charge in [-0.2, -0.15) is 0 Å². The Kier molecular flexibility index (Phi) is 4.36. The van der Waals surface area contributed by atoms with Gasteiger partial charge in [0.15, 0.2) is 0 Å². The Morgan fingerprint density at radius 3 is 0.906 bits per heavy atom. The molecule has 2 N–H and O–H groups in total. The van der Waals surface area contributed by atoms with Crippen molar-refractivity contribution >= 4 is 0 Å². The Balaban J connectivity index is 1.50. The lowest BCUT2D eigenvalue weighted by Crippen LogP contribution is -2.36. The van der Waals surface area contributed by atoms with Crippen LogP contribution < -0.4 is 0 Å². The van der Waals surface area contributed by atoms with E-state index in [9.17, 15) is 10.2 Å². The fraction of sp³-hybridized carbons (Fsp3) is 0.200. The Hall–Kier alpha value is -3.20. The molecule has 0 radical (unpaired) electrons. The smallest absolute Gasteiger partial charge is 0.0569 e. The molecule has 0 amide bonds. The topological polar surface area (TPSA) is 40.5 Å². The average Bonchev–Trinajstić information content (AvgIpc) is 3.31. The van der Waals surface area contributed by atoms with Gasteiger partial charge in [0.05, 0.1) is 13.2 Å². The van der Waals surface area contributed by atoms with Gasteiger partial charge in [0.25, 0.3) is 0 Å². The second-order valence-electron chi connectivity index (χ2n) is 9.16. The van der Waals surface area contributed by atoms with Gasteiger partial charge < -0.3 is 10.2 Å². The van der Waals surface area contributed by atoms with Crippen LogP contribution >= 0.6 is 0 Å². The van der Waals surface area contributed by atoms with E-state index in [2.05, 4.69) is 97.1 Å². The number of hydrogen-bond acceptors (Lipinski definition) is 2. The van der Waals surface area contributed by atoms with Crippen molar-refractivity contribution < 1.29 is 10.2 Å². The minimum absolute atomic E-state index is 0.0474. The summed E-state index contributed by atoms with van der Waals surface area (Å²) in [6.07, 6.45) is 1.50. The maximum Gasteiger partial charge on any atom is 0.0569 e. The molecule has 4 aromatic carbocycles. The lowest BCUT2D eigenvalue weighted by Gasteiger charge is -2.36. The van der Waals surface area contributed by atoms with Crippen LogP contribution in [0.5, 0.6) is 0 Å². The summed E-state index contributed by atoms with van der Waals surface area (Å²) in [7, 11) is 0. The third kappa shape index (κ3) is 2.42. The highest BCUT2D eigenvalue weighted by molar-refractivity contribution is 5.82. The van der Waals surface area contributed by atoms with Crippen molar-refractivity contribution in [2.45, 2.75) is 23.7 Å². The molecule has 0 aliphatic heterocycles. The lowest BCUT2D eigenvalue weighted by molar-refractivity contribution is 0.177. The molecule has 32 heavy (non-hydrogen) atoms. The van der Waals surface area contributed by atoms with E-state index in [-0.39, 0.29) is 13.2 Å². The Morgan fingerprint density at radius 2 is 0.656 bits per heavy atom. The van der Waals surface area contributed by atoms with Crippen molar-refractivity contribution in [3.8, 4) is 22.3 Å². The quantitative estimate of drug-likeness (QED) is 0.437. The largest absolute Gasteiger partial charge is 0.395 e. The normalized spacial score (nSPS) is 16.2. The maximum absolute atomic E-state index is 10.9. The lowest BCUT2D eigenvalue weighted by atomic mass is 9.68. The van der Waals surface area contributed by atoms with Crippen LogP contribution in [0, 0.1) is 0 Å². The first-order valence-corrected chi connectivity index (χ1v) is 11.4. The summed E-state index contributed by atoms with van der Waals surface area (Å²) in [6.45, 7) is 0.0949. The summed E-state index contributed by atoms with van der Waals surface area (Å²) in [6, 6.07) is 33.8. The average molecular weight is 419 g/mol. The zero-order valence-electron chi connectivity index (χ0n) is 18.0. The second kappa shape index (κ2) is 7.16. The maximum atomic E-state index is 10.9. The SMILES string of the molecule is OCC1(CCC2(CO)c3ccccc3-c3ccccc32)c2ccccc2-c2ccccc21. The zero-order chi connectivity index (χ0) is 21.8. The van der Waals surface area contributed by atoms with Gasteiger partial charge >= 0.3 is 0 Å². The third-order valence-electron chi connectivity index (χ3n) is 7.87. The molecule has 0 aromatic heterocycles. The molecular formula is C30H26O2. The molecule has 4 aromatic rings. The van der Waals surface area contributed by atoms with E-state index in [1.807, 2.05) is 0 Å². The summed E-state index contributed by atoms with van der Waals surface area (Å²) in [5.74, 6) is 0. The molecule has 0 spiro atoms. The molecule has 0 fully saturated rings. The van der Waals surface area contributed by atoms with Crippen molar-refractivity contribution in [3.05, 3.63) is 119 Å². The van der Waals surface area contributed by atoms with Crippen molar-refractivity contribution in [2.24, 2.45) is 0 Å². The summed E-state index contributed by atoms with van der Waals surface area (Å²) in [5, 5.41) is 21.7. The van der Waals surface area contributed by atoms with Crippen LogP contribution in [0.25, 0.3) is 22.3 Å². The van der Waals surface area contributed by atoms with Crippen molar-refractivity contribution in [1.29, 1.82) is 0 Å².